The minimum atomic E-state index is -0.549. The third-order valence-corrected chi connectivity index (χ3v) is 5.66. The maximum Gasteiger partial charge on any atom is 0.275 e. The van der Waals surface area contributed by atoms with Gasteiger partial charge in [-0.05, 0) is 41.8 Å². The van der Waals surface area contributed by atoms with E-state index in [1.54, 1.807) is 25.4 Å². The summed E-state index contributed by atoms with van der Waals surface area (Å²) in [7, 11) is 1.71. The molecule has 9 heteroatoms. The van der Waals surface area contributed by atoms with Crippen molar-refractivity contribution in [2.24, 2.45) is 0 Å². The molecule has 0 atom stereocenters. The molecule has 0 spiro atoms. The van der Waals surface area contributed by atoms with Crippen molar-refractivity contribution in [3.05, 3.63) is 73.3 Å². The Morgan fingerprint density at radius 2 is 1.93 bits per heavy atom. The van der Waals surface area contributed by atoms with E-state index < -0.39 is 5.91 Å². The Kier molecular flexibility index (Phi) is 8.25. The van der Waals surface area contributed by atoms with Gasteiger partial charge >= 0.3 is 0 Å². The maximum atomic E-state index is 13.1. The minimum Gasteiger partial charge on any atom is -0.393 e. The lowest BCUT2D eigenvalue weighted by Crippen LogP contribution is -2.42. The van der Waals surface area contributed by atoms with E-state index in [-0.39, 0.29) is 22.2 Å². The molecular weight excluding hydrogens is 479 g/mol. The molecule has 0 saturated heterocycles. The second-order valence-corrected chi connectivity index (χ2v) is 7.68. The zero-order valence-corrected chi connectivity index (χ0v) is 18.8. The molecule has 2 aromatic carbocycles. The number of rotatable bonds is 8. The van der Waals surface area contributed by atoms with E-state index in [2.05, 4.69) is 26.7 Å². The molecule has 0 radical (unpaired) electrons. The maximum absolute atomic E-state index is 13.1. The molecule has 0 heterocycles. The van der Waals surface area contributed by atoms with Gasteiger partial charge < -0.3 is 10.7 Å². The normalized spacial score (nSPS) is 11.0. The third-order valence-electron chi connectivity index (χ3n) is 4.21. The number of hydrazine groups is 1. The fourth-order valence-corrected chi connectivity index (χ4v) is 3.73. The number of carbonyl (C=O) groups excluding carboxylic acids is 2. The number of allylic oxidation sites excluding steroid dienone is 1. The summed E-state index contributed by atoms with van der Waals surface area (Å²) in [6, 6.07) is 8.70. The summed E-state index contributed by atoms with van der Waals surface area (Å²) in [5, 5.41) is 11.7. The Labute approximate surface area is 187 Å². The second kappa shape index (κ2) is 10.4. The minimum absolute atomic E-state index is 0.0628. The predicted octanol–water partition coefficient (Wildman–Crippen LogP) is 4.58. The zero-order valence-electron chi connectivity index (χ0n) is 15.7. The molecule has 0 aromatic heterocycles. The first kappa shape index (κ1) is 22.9. The van der Waals surface area contributed by atoms with Crippen LogP contribution in [0.1, 0.15) is 27.0 Å². The van der Waals surface area contributed by atoms with Crippen LogP contribution in [0.5, 0.6) is 0 Å². The first-order chi connectivity index (χ1) is 13.8. The first-order valence-corrected chi connectivity index (χ1v) is 10.0. The van der Waals surface area contributed by atoms with Crippen molar-refractivity contribution in [1.29, 1.82) is 5.41 Å². The van der Waals surface area contributed by atoms with E-state index in [4.69, 9.17) is 28.6 Å². The lowest BCUT2D eigenvalue weighted by molar-refractivity contribution is -0.113. The van der Waals surface area contributed by atoms with Crippen LogP contribution in [0.4, 0.5) is 0 Å². The van der Waals surface area contributed by atoms with E-state index in [1.807, 2.05) is 25.1 Å². The number of halogens is 3. The van der Waals surface area contributed by atoms with Gasteiger partial charge in [0.2, 0.25) is 6.41 Å². The molecule has 0 aliphatic heterocycles. The van der Waals surface area contributed by atoms with Crippen LogP contribution < -0.4 is 10.7 Å². The molecule has 152 valence electrons. The van der Waals surface area contributed by atoms with Crippen molar-refractivity contribution in [2.75, 3.05) is 7.05 Å². The summed E-state index contributed by atoms with van der Waals surface area (Å²) in [4.78, 5) is 24.2. The van der Waals surface area contributed by atoms with Gasteiger partial charge in [0.1, 0.15) is 0 Å². The largest absolute Gasteiger partial charge is 0.393 e. The van der Waals surface area contributed by atoms with Crippen molar-refractivity contribution >= 4 is 63.2 Å². The highest BCUT2D eigenvalue weighted by atomic mass is 79.9. The van der Waals surface area contributed by atoms with Gasteiger partial charge in [-0.3, -0.25) is 15.0 Å². The van der Waals surface area contributed by atoms with Gasteiger partial charge in [-0.2, -0.15) is 0 Å². The van der Waals surface area contributed by atoms with Crippen LogP contribution >= 0.6 is 39.1 Å². The number of hydrogen-bond acceptors (Lipinski definition) is 4. The second-order valence-electron chi connectivity index (χ2n) is 6.01. The number of benzene rings is 2. The monoisotopic (exact) mass is 496 g/mol. The molecule has 0 aliphatic carbocycles. The Hall–Kier alpha value is -2.35. The fourth-order valence-electron chi connectivity index (χ4n) is 2.68. The Balaban J connectivity index is 2.44. The van der Waals surface area contributed by atoms with Crippen LogP contribution in [0.3, 0.4) is 0 Å². The highest BCUT2D eigenvalue weighted by Crippen LogP contribution is 2.31. The molecule has 6 nitrogen and oxygen atoms in total. The number of carbonyl (C=O) groups is 2. The SMILES string of the molecule is CN/C=C(\C=N)c1cc(Cl)c(C(=O)N(Cc2cccc(Br)c2C)NC=O)c(Cl)c1. The highest BCUT2D eigenvalue weighted by Gasteiger charge is 2.23. The summed E-state index contributed by atoms with van der Waals surface area (Å²) < 4.78 is 0.893. The molecule has 2 rings (SSSR count). The molecular formula is C20H19BrCl2N4O2. The van der Waals surface area contributed by atoms with E-state index >= 15 is 0 Å². The van der Waals surface area contributed by atoms with Crippen molar-refractivity contribution in [3.8, 4) is 0 Å². The van der Waals surface area contributed by atoms with Gasteiger partial charge in [-0.25, -0.2) is 5.01 Å². The number of nitrogens with one attached hydrogen (secondary N) is 3. The van der Waals surface area contributed by atoms with Crippen LogP contribution in [0, 0.1) is 12.3 Å². The Morgan fingerprint density at radius 3 is 2.48 bits per heavy atom. The van der Waals surface area contributed by atoms with E-state index in [0.29, 0.717) is 17.5 Å². The van der Waals surface area contributed by atoms with Gasteiger partial charge in [-0.1, -0.05) is 51.3 Å². The van der Waals surface area contributed by atoms with Crippen molar-refractivity contribution < 1.29 is 9.59 Å². The van der Waals surface area contributed by atoms with Crippen LogP contribution in [0.15, 0.2) is 41.0 Å². The number of amides is 2. The number of nitrogens with zero attached hydrogens (tertiary/aromatic N) is 1. The third kappa shape index (κ3) is 5.38. The summed E-state index contributed by atoms with van der Waals surface area (Å²) in [5.41, 5.74) is 5.39. The van der Waals surface area contributed by atoms with Gasteiger partial charge in [0.05, 0.1) is 22.2 Å². The lowest BCUT2D eigenvalue weighted by Gasteiger charge is -2.23. The molecule has 29 heavy (non-hydrogen) atoms. The van der Waals surface area contributed by atoms with Crippen LogP contribution in [-0.2, 0) is 11.3 Å². The van der Waals surface area contributed by atoms with Crippen molar-refractivity contribution in [3.63, 3.8) is 0 Å². The summed E-state index contributed by atoms with van der Waals surface area (Å²) in [6.45, 7) is 2.04. The molecule has 0 bridgehead atoms. The molecule has 0 fully saturated rings. The predicted molar refractivity (Wildman–Crippen MR) is 120 cm³/mol. The summed E-state index contributed by atoms with van der Waals surface area (Å²) in [6.07, 6.45) is 3.19. The van der Waals surface area contributed by atoms with Crippen molar-refractivity contribution in [2.45, 2.75) is 13.5 Å². The zero-order chi connectivity index (χ0) is 21.6. The lowest BCUT2D eigenvalue weighted by atomic mass is 10.0. The van der Waals surface area contributed by atoms with Crippen LogP contribution in [0.25, 0.3) is 5.57 Å². The van der Waals surface area contributed by atoms with E-state index in [0.717, 1.165) is 26.8 Å². The summed E-state index contributed by atoms with van der Waals surface area (Å²) >= 11 is 16.2. The molecule has 2 aromatic rings. The van der Waals surface area contributed by atoms with Gasteiger partial charge in [0.15, 0.2) is 0 Å². The van der Waals surface area contributed by atoms with Crippen molar-refractivity contribution in [1.82, 2.24) is 15.8 Å². The highest BCUT2D eigenvalue weighted by molar-refractivity contribution is 9.10. The molecule has 0 unspecified atom stereocenters. The quantitative estimate of drug-likeness (QED) is 0.283. The number of hydrogen-bond donors (Lipinski definition) is 3. The fraction of sp³-hybridized carbons (Fsp3) is 0.150. The average molecular weight is 498 g/mol. The van der Waals surface area contributed by atoms with Crippen LogP contribution in [0.2, 0.25) is 10.0 Å². The molecule has 0 saturated carbocycles. The average Bonchev–Trinajstić information content (AvgIpc) is 2.68. The standard InChI is InChI=1S/C20H19BrCl2N4O2/c1-12-13(4-3-5-16(12)21)10-27(26-11-28)20(29)19-17(22)6-14(7-18(19)23)15(8-24)9-25-2/h3-9,11,24-25H,10H2,1-2H3,(H,26,28)/b15-9+,24-8?. The summed E-state index contributed by atoms with van der Waals surface area (Å²) in [5.74, 6) is -0.549. The van der Waals surface area contributed by atoms with E-state index in [1.165, 1.54) is 0 Å². The van der Waals surface area contributed by atoms with Gasteiger partial charge in [0, 0.05) is 29.5 Å². The molecule has 2 amide bonds. The van der Waals surface area contributed by atoms with Gasteiger partial charge in [-0.15, -0.1) is 0 Å². The van der Waals surface area contributed by atoms with Crippen LogP contribution in [-0.4, -0.2) is 30.6 Å². The Bertz CT molecular complexity index is 956. The first-order valence-electron chi connectivity index (χ1n) is 8.47. The van der Waals surface area contributed by atoms with Gasteiger partial charge in [0.25, 0.3) is 5.91 Å². The topological polar surface area (TPSA) is 85.3 Å². The van der Waals surface area contributed by atoms with E-state index in [9.17, 15) is 9.59 Å². The Morgan fingerprint density at radius 1 is 1.28 bits per heavy atom. The smallest absolute Gasteiger partial charge is 0.275 e. The molecule has 3 N–H and O–H groups in total. The molecule has 0 aliphatic rings.